The zero-order valence-electron chi connectivity index (χ0n) is 17.7. The van der Waals surface area contributed by atoms with Crippen molar-refractivity contribution in [1.29, 1.82) is 0 Å². The maximum atomic E-state index is 12.7. The fourth-order valence-electron chi connectivity index (χ4n) is 3.92. The summed E-state index contributed by atoms with van der Waals surface area (Å²) in [6.45, 7) is 2.01. The van der Waals surface area contributed by atoms with Crippen molar-refractivity contribution in [3.63, 3.8) is 0 Å². The Morgan fingerprint density at radius 1 is 1.26 bits per heavy atom. The summed E-state index contributed by atoms with van der Waals surface area (Å²) < 4.78 is 48.5. The Morgan fingerprint density at radius 2 is 2.09 bits per heavy atom. The summed E-state index contributed by atoms with van der Waals surface area (Å²) in [6, 6.07) is 11.4. The van der Waals surface area contributed by atoms with Gasteiger partial charge in [0.1, 0.15) is 29.5 Å². The van der Waals surface area contributed by atoms with Crippen molar-refractivity contribution in [2.75, 3.05) is 18.1 Å². The van der Waals surface area contributed by atoms with Crippen LogP contribution < -0.4 is 14.4 Å². The van der Waals surface area contributed by atoms with Crippen molar-refractivity contribution in [2.45, 2.75) is 19.3 Å². The SMILES string of the molecule is Cc1ccc(N2c3cccc(-c4nc5c(Br)cc(OC(F)(F)F)cc5[nH]4)c3OC[C@@H]2CO)nc1. The number of hydrogen-bond donors (Lipinski definition) is 2. The van der Waals surface area contributed by atoms with E-state index in [0.29, 0.717) is 44.1 Å². The van der Waals surface area contributed by atoms with Crippen LogP contribution in [-0.4, -0.2) is 45.7 Å². The summed E-state index contributed by atoms with van der Waals surface area (Å²) >= 11 is 3.27. The van der Waals surface area contributed by atoms with E-state index >= 15 is 0 Å². The van der Waals surface area contributed by atoms with Crippen molar-refractivity contribution >= 4 is 38.5 Å². The molecule has 11 heteroatoms. The maximum absolute atomic E-state index is 12.7. The molecule has 0 spiro atoms. The molecule has 5 rings (SSSR count). The highest BCUT2D eigenvalue weighted by Crippen LogP contribution is 2.44. The number of H-pyrrole nitrogens is 1. The van der Waals surface area contributed by atoms with Gasteiger partial charge in [0.2, 0.25) is 0 Å². The lowest BCUT2D eigenvalue weighted by molar-refractivity contribution is -0.274. The average molecular weight is 535 g/mol. The normalized spacial score (nSPS) is 15.8. The zero-order valence-corrected chi connectivity index (χ0v) is 19.3. The van der Waals surface area contributed by atoms with E-state index < -0.39 is 6.36 Å². The van der Waals surface area contributed by atoms with Gasteiger partial charge in [-0.3, -0.25) is 0 Å². The Bertz CT molecular complexity index is 1360. The van der Waals surface area contributed by atoms with Crippen LogP contribution in [0.4, 0.5) is 24.7 Å². The van der Waals surface area contributed by atoms with E-state index in [2.05, 4.69) is 35.6 Å². The van der Waals surface area contributed by atoms with E-state index in [1.54, 1.807) is 12.3 Å². The second kappa shape index (κ2) is 8.48. The van der Waals surface area contributed by atoms with Gasteiger partial charge in [-0.2, -0.15) is 0 Å². The number of aliphatic hydroxyl groups excluding tert-OH is 1. The number of para-hydroxylation sites is 1. The van der Waals surface area contributed by atoms with Gasteiger partial charge >= 0.3 is 6.36 Å². The van der Waals surface area contributed by atoms with Crippen LogP contribution in [0.1, 0.15) is 5.56 Å². The molecule has 7 nitrogen and oxygen atoms in total. The van der Waals surface area contributed by atoms with Crippen molar-refractivity contribution in [3.05, 3.63) is 58.7 Å². The number of aliphatic hydroxyl groups is 1. The molecule has 4 aromatic rings. The molecular formula is C23H18BrF3N4O3. The Balaban J connectivity index is 1.60. The predicted molar refractivity (Wildman–Crippen MR) is 123 cm³/mol. The minimum absolute atomic E-state index is 0.140. The number of aryl methyl sites for hydroxylation is 1. The predicted octanol–water partition coefficient (Wildman–Crippen LogP) is 5.49. The molecule has 2 N–H and O–H groups in total. The minimum atomic E-state index is -4.81. The molecule has 0 amide bonds. The lowest BCUT2D eigenvalue weighted by atomic mass is 10.1. The Morgan fingerprint density at radius 3 is 2.79 bits per heavy atom. The van der Waals surface area contributed by atoms with Crippen molar-refractivity contribution in [1.82, 2.24) is 15.0 Å². The molecule has 0 saturated heterocycles. The number of aromatic amines is 1. The first-order chi connectivity index (χ1) is 16.2. The molecule has 0 bridgehead atoms. The van der Waals surface area contributed by atoms with Gasteiger partial charge < -0.3 is 24.5 Å². The minimum Gasteiger partial charge on any atom is -0.488 e. The molecule has 0 unspecified atom stereocenters. The number of alkyl halides is 3. The summed E-state index contributed by atoms with van der Waals surface area (Å²) in [6.07, 6.45) is -3.06. The van der Waals surface area contributed by atoms with Gasteiger partial charge in [-0.05, 0) is 52.7 Å². The Hall–Kier alpha value is -3.31. The number of anilines is 2. The highest BCUT2D eigenvalue weighted by Gasteiger charge is 2.33. The third-order valence-electron chi connectivity index (χ3n) is 5.39. The lowest BCUT2D eigenvalue weighted by Crippen LogP contribution is -2.43. The van der Waals surface area contributed by atoms with Gasteiger partial charge in [-0.25, -0.2) is 9.97 Å². The molecule has 0 saturated carbocycles. The number of aromatic nitrogens is 3. The topological polar surface area (TPSA) is 83.5 Å². The van der Waals surface area contributed by atoms with E-state index in [9.17, 15) is 18.3 Å². The third-order valence-corrected chi connectivity index (χ3v) is 6.00. The number of rotatable bonds is 4. The second-order valence-corrected chi connectivity index (χ2v) is 8.65. The van der Waals surface area contributed by atoms with Crippen molar-refractivity contribution in [2.24, 2.45) is 0 Å². The number of ether oxygens (including phenoxy) is 2. The first-order valence-electron chi connectivity index (χ1n) is 10.3. The number of pyridine rings is 1. The molecular weight excluding hydrogens is 517 g/mol. The molecule has 1 aliphatic rings. The fraction of sp³-hybridized carbons (Fsp3) is 0.217. The average Bonchev–Trinajstić information content (AvgIpc) is 3.22. The highest BCUT2D eigenvalue weighted by molar-refractivity contribution is 9.10. The molecule has 3 heterocycles. The number of imidazole rings is 1. The van der Waals surface area contributed by atoms with Crippen LogP contribution in [0.25, 0.3) is 22.4 Å². The molecule has 0 aliphatic carbocycles. The van der Waals surface area contributed by atoms with Crippen LogP contribution in [0.5, 0.6) is 11.5 Å². The van der Waals surface area contributed by atoms with Crippen molar-refractivity contribution in [3.8, 4) is 22.9 Å². The summed E-state index contributed by atoms with van der Waals surface area (Å²) in [5.74, 6) is 1.23. The van der Waals surface area contributed by atoms with E-state index in [1.165, 1.54) is 12.1 Å². The second-order valence-electron chi connectivity index (χ2n) is 7.80. The van der Waals surface area contributed by atoms with Gasteiger partial charge in [-0.15, -0.1) is 13.2 Å². The first kappa shape index (κ1) is 22.5. The van der Waals surface area contributed by atoms with Crippen LogP contribution in [-0.2, 0) is 0 Å². The number of nitrogens with zero attached hydrogens (tertiary/aromatic N) is 3. The summed E-state index contributed by atoms with van der Waals surface area (Å²) in [5, 5.41) is 9.96. The van der Waals surface area contributed by atoms with Gasteiger partial charge in [-0.1, -0.05) is 12.1 Å². The number of fused-ring (bicyclic) bond motifs is 2. The summed E-state index contributed by atoms with van der Waals surface area (Å²) in [4.78, 5) is 14.1. The smallest absolute Gasteiger partial charge is 0.488 e. The molecule has 2 aromatic heterocycles. The number of nitrogens with one attached hydrogen (secondary N) is 1. The van der Waals surface area contributed by atoms with Gasteiger partial charge in [0.15, 0.2) is 5.75 Å². The molecule has 1 aliphatic heterocycles. The molecule has 0 radical (unpaired) electrons. The van der Waals surface area contributed by atoms with Crippen LogP contribution in [0.15, 0.2) is 53.1 Å². The van der Waals surface area contributed by atoms with E-state index in [1.807, 2.05) is 36.1 Å². The largest absolute Gasteiger partial charge is 0.573 e. The van der Waals surface area contributed by atoms with E-state index in [-0.39, 0.29) is 25.0 Å². The third kappa shape index (κ3) is 4.16. The van der Waals surface area contributed by atoms with Gasteiger partial charge in [0, 0.05) is 16.7 Å². The van der Waals surface area contributed by atoms with E-state index in [4.69, 9.17) is 4.74 Å². The molecule has 0 fully saturated rings. The monoisotopic (exact) mass is 534 g/mol. The van der Waals surface area contributed by atoms with Crippen LogP contribution in [0, 0.1) is 6.92 Å². The highest BCUT2D eigenvalue weighted by atomic mass is 79.9. The van der Waals surface area contributed by atoms with Crippen molar-refractivity contribution < 1.29 is 27.8 Å². The zero-order chi connectivity index (χ0) is 24.0. The Kier molecular flexibility index (Phi) is 5.61. The Labute approximate surface area is 200 Å². The molecule has 34 heavy (non-hydrogen) atoms. The molecule has 2 aromatic carbocycles. The quantitative estimate of drug-likeness (QED) is 0.360. The fourth-order valence-corrected chi connectivity index (χ4v) is 4.45. The number of hydrogen-bond acceptors (Lipinski definition) is 6. The lowest BCUT2D eigenvalue weighted by Gasteiger charge is -2.37. The van der Waals surface area contributed by atoms with E-state index in [0.717, 1.165) is 5.56 Å². The number of halogens is 4. The standard InChI is InChI=1S/C23H18BrF3N4O3/c1-12-5-6-19(28-9-12)31-13(10-32)11-33-21-15(3-2-4-18(21)31)22-29-17-8-14(34-23(25,26)27)7-16(24)20(17)30-22/h2-9,13,32H,10-11H2,1H3,(H,29,30)/t13-/m0/s1. The number of benzene rings is 2. The maximum Gasteiger partial charge on any atom is 0.573 e. The van der Waals surface area contributed by atoms with Crippen LogP contribution in [0.3, 0.4) is 0 Å². The summed E-state index contributed by atoms with van der Waals surface area (Å²) in [7, 11) is 0. The molecule has 1 atom stereocenters. The van der Waals surface area contributed by atoms with Gasteiger partial charge in [0.05, 0.1) is 29.4 Å². The summed E-state index contributed by atoms with van der Waals surface area (Å²) in [5.41, 5.74) is 3.13. The molecule has 176 valence electrons. The van der Waals surface area contributed by atoms with Crippen LogP contribution in [0.2, 0.25) is 0 Å². The van der Waals surface area contributed by atoms with Crippen LogP contribution >= 0.6 is 15.9 Å². The van der Waals surface area contributed by atoms with Gasteiger partial charge in [0.25, 0.3) is 0 Å². The first-order valence-corrected chi connectivity index (χ1v) is 11.1.